The number of anilines is 1. The number of methoxy groups -OCH3 is 1. The number of esters is 1. The zero-order valence-corrected chi connectivity index (χ0v) is 10.7. The van der Waals surface area contributed by atoms with Gasteiger partial charge in [0.25, 0.3) is 0 Å². The first-order valence-electron chi connectivity index (χ1n) is 5.74. The van der Waals surface area contributed by atoms with Crippen molar-refractivity contribution in [1.29, 1.82) is 0 Å². The summed E-state index contributed by atoms with van der Waals surface area (Å²) in [7, 11) is 1.31. The van der Waals surface area contributed by atoms with Crippen LogP contribution < -0.4 is 10.7 Å². The summed E-state index contributed by atoms with van der Waals surface area (Å²) in [5.74, 6) is -0.506. The van der Waals surface area contributed by atoms with Crippen LogP contribution in [0.4, 0.5) is 5.69 Å². The monoisotopic (exact) mass is 261 g/mol. The first-order chi connectivity index (χ1) is 9.15. The number of carbonyl (C=O) groups is 1. The number of para-hydroxylation sites is 1. The van der Waals surface area contributed by atoms with Crippen molar-refractivity contribution in [2.45, 2.75) is 13.1 Å². The van der Waals surface area contributed by atoms with Gasteiger partial charge < -0.3 is 10.5 Å². The van der Waals surface area contributed by atoms with E-state index in [4.69, 9.17) is 10.5 Å². The van der Waals surface area contributed by atoms with Crippen LogP contribution in [0.5, 0.6) is 0 Å². The lowest BCUT2D eigenvalue weighted by atomic mass is 10.3. The van der Waals surface area contributed by atoms with E-state index >= 15 is 0 Å². The molecule has 1 unspecified atom stereocenters. The Bertz CT molecular complexity index is 512. The molecule has 0 aromatic heterocycles. The Morgan fingerprint density at radius 3 is 2.63 bits per heavy atom. The molecule has 0 aliphatic carbocycles. The molecule has 1 aliphatic heterocycles. The molecule has 1 aromatic carbocycles. The standard InChI is InChI=1S/C12H15N5O2/c1-9(13)17-15-14-8-11(12(18)19-2)16(17)10-6-4-3-5-7-10/h3-9H,13H2,1-2H3. The molecule has 1 heterocycles. The summed E-state index contributed by atoms with van der Waals surface area (Å²) in [4.78, 5) is 11.8. The van der Waals surface area contributed by atoms with Crippen molar-refractivity contribution in [3.05, 3.63) is 42.2 Å². The van der Waals surface area contributed by atoms with Gasteiger partial charge in [0.15, 0.2) is 5.70 Å². The van der Waals surface area contributed by atoms with Crippen LogP contribution in [0.2, 0.25) is 0 Å². The summed E-state index contributed by atoms with van der Waals surface area (Å²) in [5.41, 5.74) is 6.85. The third kappa shape index (κ3) is 2.55. The molecule has 7 heteroatoms. The normalized spacial score (nSPS) is 16.1. The molecule has 2 N–H and O–H groups in total. The highest BCUT2D eigenvalue weighted by Gasteiger charge is 2.29. The van der Waals surface area contributed by atoms with E-state index < -0.39 is 12.1 Å². The SMILES string of the molecule is COC(=O)C1=CN=NN(C(C)N)N1c1ccccc1. The van der Waals surface area contributed by atoms with Crippen LogP contribution in [-0.4, -0.2) is 24.4 Å². The lowest BCUT2D eigenvalue weighted by Crippen LogP contribution is -2.50. The maximum absolute atomic E-state index is 11.8. The minimum atomic E-state index is -0.506. The maximum atomic E-state index is 11.8. The molecule has 0 saturated heterocycles. The molecule has 0 radical (unpaired) electrons. The van der Waals surface area contributed by atoms with Gasteiger partial charge in [-0.05, 0) is 24.3 Å². The molecule has 100 valence electrons. The van der Waals surface area contributed by atoms with Crippen LogP contribution in [0.25, 0.3) is 0 Å². The summed E-state index contributed by atoms with van der Waals surface area (Å²) >= 11 is 0. The van der Waals surface area contributed by atoms with E-state index in [2.05, 4.69) is 10.3 Å². The van der Waals surface area contributed by atoms with Gasteiger partial charge in [0.2, 0.25) is 0 Å². The smallest absolute Gasteiger partial charge is 0.358 e. The number of hydrogen-bond acceptors (Lipinski definition) is 7. The second-order valence-electron chi connectivity index (χ2n) is 3.92. The fourth-order valence-electron chi connectivity index (χ4n) is 1.67. The molecule has 7 nitrogen and oxygen atoms in total. The minimum Gasteiger partial charge on any atom is -0.464 e. The van der Waals surface area contributed by atoms with Crippen molar-refractivity contribution in [2.75, 3.05) is 12.1 Å². The van der Waals surface area contributed by atoms with Crippen LogP contribution in [-0.2, 0) is 9.53 Å². The zero-order chi connectivity index (χ0) is 13.8. The molecule has 1 aliphatic rings. The molecule has 1 atom stereocenters. The quantitative estimate of drug-likeness (QED) is 0.832. The van der Waals surface area contributed by atoms with Gasteiger partial charge in [0.1, 0.15) is 6.17 Å². The van der Waals surface area contributed by atoms with Gasteiger partial charge in [-0.3, -0.25) is 0 Å². The van der Waals surface area contributed by atoms with Crippen molar-refractivity contribution in [1.82, 2.24) is 5.12 Å². The van der Waals surface area contributed by atoms with E-state index in [1.807, 2.05) is 30.3 Å². The minimum absolute atomic E-state index is 0.251. The van der Waals surface area contributed by atoms with E-state index in [1.54, 1.807) is 11.9 Å². The van der Waals surface area contributed by atoms with E-state index in [0.717, 1.165) is 5.69 Å². The number of nitrogens with zero attached hydrogens (tertiary/aromatic N) is 4. The van der Waals surface area contributed by atoms with E-state index in [9.17, 15) is 4.79 Å². The van der Waals surface area contributed by atoms with Gasteiger partial charge in [-0.2, -0.15) is 5.12 Å². The number of ether oxygens (including phenoxy) is 1. The Balaban J connectivity index is 2.45. The van der Waals surface area contributed by atoms with Gasteiger partial charge in [0, 0.05) is 0 Å². The second-order valence-corrected chi connectivity index (χ2v) is 3.92. The summed E-state index contributed by atoms with van der Waals surface area (Å²) in [6.07, 6.45) is 0.898. The van der Waals surface area contributed by atoms with Crippen molar-refractivity contribution < 1.29 is 9.53 Å². The van der Waals surface area contributed by atoms with Crippen molar-refractivity contribution in [3.8, 4) is 0 Å². The molecule has 2 rings (SSSR count). The third-order valence-electron chi connectivity index (χ3n) is 2.52. The number of hydrazine groups is 1. The molecule has 0 saturated carbocycles. The Morgan fingerprint density at radius 2 is 2.05 bits per heavy atom. The molecular weight excluding hydrogens is 246 g/mol. The van der Waals surface area contributed by atoms with Gasteiger partial charge in [-0.15, -0.1) is 5.11 Å². The van der Waals surface area contributed by atoms with Gasteiger partial charge in [-0.1, -0.05) is 18.2 Å². The summed E-state index contributed by atoms with van der Waals surface area (Å²) in [5, 5.41) is 10.7. The van der Waals surface area contributed by atoms with Crippen LogP contribution in [0.15, 0.2) is 52.6 Å². The average Bonchev–Trinajstić information content (AvgIpc) is 2.46. The van der Waals surface area contributed by atoms with E-state index in [1.165, 1.54) is 18.4 Å². The number of carbonyl (C=O) groups excluding carboxylic acids is 1. The maximum Gasteiger partial charge on any atom is 0.358 e. The van der Waals surface area contributed by atoms with Crippen molar-refractivity contribution >= 4 is 11.7 Å². The van der Waals surface area contributed by atoms with Crippen LogP contribution in [0, 0.1) is 0 Å². The topological polar surface area (TPSA) is 83.5 Å². The number of nitrogens with two attached hydrogens (primary N) is 1. The first-order valence-corrected chi connectivity index (χ1v) is 5.74. The predicted octanol–water partition coefficient (Wildman–Crippen LogP) is 1.41. The first kappa shape index (κ1) is 13.0. The molecule has 0 bridgehead atoms. The fourth-order valence-corrected chi connectivity index (χ4v) is 1.67. The Kier molecular flexibility index (Phi) is 3.76. The summed E-state index contributed by atoms with van der Waals surface area (Å²) < 4.78 is 4.75. The third-order valence-corrected chi connectivity index (χ3v) is 2.52. The highest BCUT2D eigenvalue weighted by atomic mass is 16.5. The Hall–Kier alpha value is -2.41. The predicted molar refractivity (Wildman–Crippen MR) is 69.4 cm³/mol. The van der Waals surface area contributed by atoms with E-state index in [-0.39, 0.29) is 5.70 Å². The highest BCUT2D eigenvalue weighted by molar-refractivity contribution is 5.92. The average molecular weight is 261 g/mol. The van der Waals surface area contributed by atoms with E-state index in [0.29, 0.717) is 0 Å². The second kappa shape index (κ2) is 5.49. The van der Waals surface area contributed by atoms with Crippen molar-refractivity contribution in [3.63, 3.8) is 0 Å². The molecule has 0 amide bonds. The fraction of sp³-hybridized carbons (Fsp3) is 0.250. The Morgan fingerprint density at radius 1 is 1.37 bits per heavy atom. The highest BCUT2D eigenvalue weighted by Crippen LogP contribution is 2.26. The molecule has 19 heavy (non-hydrogen) atoms. The van der Waals surface area contributed by atoms with Crippen LogP contribution in [0.1, 0.15) is 6.92 Å². The van der Waals surface area contributed by atoms with Crippen molar-refractivity contribution in [2.24, 2.45) is 16.1 Å². The van der Waals surface area contributed by atoms with Crippen LogP contribution in [0.3, 0.4) is 0 Å². The Labute approximate surface area is 110 Å². The molecule has 0 fully saturated rings. The molecule has 0 spiro atoms. The summed E-state index contributed by atoms with van der Waals surface area (Å²) in [6.45, 7) is 1.75. The van der Waals surface area contributed by atoms with Gasteiger partial charge in [-0.25, -0.2) is 9.80 Å². The number of rotatable bonds is 3. The van der Waals surface area contributed by atoms with Gasteiger partial charge >= 0.3 is 5.97 Å². The molecular formula is C12H15N5O2. The largest absolute Gasteiger partial charge is 0.464 e. The number of hydrogen-bond donors (Lipinski definition) is 1. The number of benzene rings is 1. The zero-order valence-electron chi connectivity index (χ0n) is 10.7. The lowest BCUT2D eigenvalue weighted by Gasteiger charge is -2.37. The van der Waals surface area contributed by atoms with Gasteiger partial charge in [0.05, 0.1) is 19.0 Å². The molecule has 1 aromatic rings. The van der Waals surface area contributed by atoms with Crippen LogP contribution >= 0.6 is 0 Å². The lowest BCUT2D eigenvalue weighted by molar-refractivity contribution is -0.136. The summed E-state index contributed by atoms with van der Waals surface area (Å²) in [6, 6.07) is 9.28.